The zero-order valence-electron chi connectivity index (χ0n) is 9.92. The number of likely N-dealkylation sites (tertiary alicyclic amines) is 1. The van der Waals surface area contributed by atoms with Crippen LogP contribution in [0.25, 0.3) is 0 Å². The molecule has 92 valence electrons. The highest BCUT2D eigenvalue weighted by molar-refractivity contribution is 5.84. The summed E-state index contributed by atoms with van der Waals surface area (Å²) in [6, 6.07) is 0. The summed E-state index contributed by atoms with van der Waals surface area (Å²) in [7, 11) is 0. The number of alkyl halides is 1. The van der Waals surface area contributed by atoms with Crippen molar-refractivity contribution in [3.63, 3.8) is 0 Å². The van der Waals surface area contributed by atoms with Crippen molar-refractivity contribution in [1.29, 1.82) is 0 Å². The van der Waals surface area contributed by atoms with Gasteiger partial charge in [0.2, 0.25) is 5.91 Å². The maximum absolute atomic E-state index is 12.8. The molecule has 0 aromatic heterocycles. The second-order valence-electron chi connectivity index (χ2n) is 5.45. The van der Waals surface area contributed by atoms with Gasteiger partial charge in [0.1, 0.15) is 12.1 Å². The van der Waals surface area contributed by atoms with E-state index >= 15 is 0 Å². The summed E-state index contributed by atoms with van der Waals surface area (Å²) in [5.41, 5.74) is -1.94. The largest absolute Gasteiger partial charge is 0.481 e. The number of carbonyl (C=O) groups is 2. The Morgan fingerprint density at radius 1 is 1.44 bits per heavy atom. The van der Waals surface area contributed by atoms with E-state index in [0.717, 1.165) is 0 Å². The number of carboxylic acid groups (broad SMARTS) is 1. The Balaban J connectivity index is 2.79. The number of nitrogens with zero attached hydrogens (tertiary/aromatic N) is 1. The van der Waals surface area contributed by atoms with E-state index in [2.05, 4.69) is 0 Å². The van der Waals surface area contributed by atoms with Crippen molar-refractivity contribution in [3.05, 3.63) is 0 Å². The average molecular weight is 231 g/mol. The van der Waals surface area contributed by atoms with Crippen LogP contribution in [-0.4, -0.2) is 41.6 Å². The SMILES string of the molecule is CC(C)(C)C(=O)N1CCC(CF)(C(=O)O)C1. The van der Waals surface area contributed by atoms with Crippen molar-refractivity contribution in [2.75, 3.05) is 19.8 Å². The van der Waals surface area contributed by atoms with E-state index in [1.54, 1.807) is 20.8 Å². The molecule has 1 atom stereocenters. The third-order valence-electron chi connectivity index (χ3n) is 2.99. The molecule has 1 amide bonds. The van der Waals surface area contributed by atoms with Crippen molar-refractivity contribution in [3.8, 4) is 0 Å². The first-order valence-electron chi connectivity index (χ1n) is 5.32. The zero-order valence-corrected chi connectivity index (χ0v) is 9.92. The fourth-order valence-corrected chi connectivity index (χ4v) is 1.86. The highest BCUT2D eigenvalue weighted by Gasteiger charge is 2.47. The number of hydrogen-bond acceptors (Lipinski definition) is 2. The summed E-state index contributed by atoms with van der Waals surface area (Å²) in [4.78, 5) is 24.4. The van der Waals surface area contributed by atoms with Crippen LogP contribution in [0.4, 0.5) is 4.39 Å². The maximum Gasteiger partial charge on any atom is 0.314 e. The number of halogens is 1. The molecule has 0 spiro atoms. The number of amides is 1. The highest BCUT2D eigenvalue weighted by atomic mass is 19.1. The van der Waals surface area contributed by atoms with Crippen LogP contribution in [0.3, 0.4) is 0 Å². The Morgan fingerprint density at radius 3 is 2.31 bits per heavy atom. The van der Waals surface area contributed by atoms with Gasteiger partial charge in [0.15, 0.2) is 0 Å². The molecule has 0 aromatic carbocycles. The van der Waals surface area contributed by atoms with Crippen molar-refractivity contribution in [1.82, 2.24) is 4.90 Å². The van der Waals surface area contributed by atoms with Crippen molar-refractivity contribution in [2.24, 2.45) is 10.8 Å². The third-order valence-corrected chi connectivity index (χ3v) is 2.99. The van der Waals surface area contributed by atoms with Crippen LogP contribution in [-0.2, 0) is 9.59 Å². The third kappa shape index (κ3) is 2.18. The van der Waals surface area contributed by atoms with E-state index in [4.69, 9.17) is 5.11 Å². The molecule has 5 heteroatoms. The summed E-state index contributed by atoms with van der Waals surface area (Å²) in [5.74, 6) is -1.27. The molecule has 1 unspecified atom stereocenters. The molecule has 4 nitrogen and oxygen atoms in total. The maximum atomic E-state index is 12.8. The first-order valence-corrected chi connectivity index (χ1v) is 5.32. The molecule has 0 radical (unpaired) electrons. The highest BCUT2D eigenvalue weighted by Crippen LogP contribution is 2.33. The fourth-order valence-electron chi connectivity index (χ4n) is 1.86. The molecular formula is C11H18FNO3. The van der Waals surface area contributed by atoms with Gasteiger partial charge in [-0.2, -0.15) is 0 Å². The van der Waals surface area contributed by atoms with Gasteiger partial charge in [-0.1, -0.05) is 20.8 Å². The number of carboxylic acids is 1. The van der Waals surface area contributed by atoms with Gasteiger partial charge in [0.05, 0.1) is 0 Å². The molecule has 0 aromatic rings. The van der Waals surface area contributed by atoms with Crippen LogP contribution in [0.15, 0.2) is 0 Å². The first-order chi connectivity index (χ1) is 7.23. The second-order valence-corrected chi connectivity index (χ2v) is 5.45. The van der Waals surface area contributed by atoms with Gasteiger partial charge < -0.3 is 10.0 Å². The zero-order chi connectivity index (χ0) is 12.6. The minimum Gasteiger partial charge on any atom is -0.481 e. The van der Waals surface area contributed by atoms with Gasteiger partial charge in [-0.3, -0.25) is 9.59 Å². The van der Waals surface area contributed by atoms with Gasteiger partial charge in [-0.15, -0.1) is 0 Å². The fraction of sp³-hybridized carbons (Fsp3) is 0.818. The van der Waals surface area contributed by atoms with Gasteiger partial charge >= 0.3 is 5.97 Å². The first kappa shape index (κ1) is 12.9. The van der Waals surface area contributed by atoms with E-state index in [0.29, 0.717) is 6.54 Å². The van der Waals surface area contributed by atoms with Crippen LogP contribution in [0, 0.1) is 10.8 Å². The Morgan fingerprint density at radius 2 is 2.00 bits per heavy atom. The summed E-state index contributed by atoms with van der Waals surface area (Å²) in [6.45, 7) is 4.69. The summed E-state index contributed by atoms with van der Waals surface area (Å²) >= 11 is 0. The van der Waals surface area contributed by atoms with Gasteiger partial charge in [0.25, 0.3) is 0 Å². The standard InChI is InChI=1S/C11H18FNO3/c1-10(2,3)8(14)13-5-4-11(6-12,7-13)9(15)16/h4-7H2,1-3H3,(H,15,16). The number of hydrogen-bond donors (Lipinski definition) is 1. The molecule has 1 fully saturated rings. The van der Waals surface area contributed by atoms with Crippen LogP contribution in [0.2, 0.25) is 0 Å². The molecule has 1 saturated heterocycles. The second kappa shape index (κ2) is 4.03. The van der Waals surface area contributed by atoms with Gasteiger partial charge in [-0.05, 0) is 6.42 Å². The molecule has 1 N–H and O–H groups in total. The Hall–Kier alpha value is -1.13. The van der Waals surface area contributed by atoms with Crippen molar-refractivity contribution >= 4 is 11.9 Å². The number of rotatable bonds is 2. The average Bonchev–Trinajstić information content (AvgIpc) is 2.60. The smallest absolute Gasteiger partial charge is 0.314 e. The molecule has 0 saturated carbocycles. The van der Waals surface area contributed by atoms with Crippen molar-refractivity contribution < 1.29 is 19.1 Å². The topological polar surface area (TPSA) is 57.6 Å². The minimum absolute atomic E-state index is 0.0189. The summed E-state index contributed by atoms with van der Waals surface area (Å²) in [5, 5.41) is 8.99. The van der Waals surface area contributed by atoms with E-state index in [-0.39, 0.29) is 18.9 Å². The lowest BCUT2D eigenvalue weighted by Crippen LogP contribution is -2.42. The quantitative estimate of drug-likeness (QED) is 0.779. The normalized spacial score (nSPS) is 25.9. The molecule has 0 bridgehead atoms. The predicted octanol–water partition coefficient (Wildman–Crippen LogP) is 1.31. The van der Waals surface area contributed by atoms with Crippen LogP contribution < -0.4 is 0 Å². The van der Waals surface area contributed by atoms with E-state index in [1.807, 2.05) is 0 Å². The summed E-state index contributed by atoms with van der Waals surface area (Å²) < 4.78 is 12.8. The lowest BCUT2D eigenvalue weighted by molar-refractivity contribution is -0.150. The van der Waals surface area contributed by atoms with E-state index in [1.165, 1.54) is 4.90 Å². The molecule has 1 aliphatic heterocycles. The monoisotopic (exact) mass is 231 g/mol. The van der Waals surface area contributed by atoms with Crippen LogP contribution in [0.1, 0.15) is 27.2 Å². The molecule has 1 aliphatic rings. The summed E-state index contributed by atoms with van der Waals surface area (Å²) in [6.07, 6.45) is 0.195. The lowest BCUT2D eigenvalue weighted by Gasteiger charge is -2.27. The van der Waals surface area contributed by atoms with Crippen molar-refractivity contribution in [2.45, 2.75) is 27.2 Å². The molecular weight excluding hydrogens is 213 g/mol. The Kier molecular flexibility index (Phi) is 3.26. The van der Waals surface area contributed by atoms with Crippen LogP contribution >= 0.6 is 0 Å². The molecule has 16 heavy (non-hydrogen) atoms. The Labute approximate surface area is 94.4 Å². The minimum atomic E-state index is -1.39. The molecule has 0 aliphatic carbocycles. The molecule has 1 heterocycles. The number of aliphatic carboxylic acids is 1. The molecule has 1 rings (SSSR count). The van der Waals surface area contributed by atoms with Gasteiger partial charge in [-0.25, -0.2) is 4.39 Å². The van der Waals surface area contributed by atoms with E-state index < -0.39 is 23.5 Å². The van der Waals surface area contributed by atoms with E-state index in [9.17, 15) is 14.0 Å². The predicted molar refractivity (Wildman–Crippen MR) is 56.7 cm³/mol. The van der Waals surface area contributed by atoms with Crippen LogP contribution in [0.5, 0.6) is 0 Å². The lowest BCUT2D eigenvalue weighted by atomic mass is 9.89. The number of carbonyl (C=O) groups excluding carboxylic acids is 1. The van der Waals surface area contributed by atoms with Gasteiger partial charge in [0, 0.05) is 18.5 Å². The Bertz CT molecular complexity index is 311.